The van der Waals surface area contributed by atoms with Crippen molar-refractivity contribution < 1.29 is 4.84 Å². The minimum atomic E-state index is 0.586. The lowest BCUT2D eigenvalue weighted by molar-refractivity contribution is -0.0579. The lowest BCUT2D eigenvalue weighted by Gasteiger charge is -2.20. The van der Waals surface area contributed by atoms with Gasteiger partial charge in [-0.1, -0.05) is 0 Å². The number of nitrogens with one attached hydrogen (secondary N) is 1. The van der Waals surface area contributed by atoms with Gasteiger partial charge < -0.3 is 5.32 Å². The smallest absolute Gasteiger partial charge is 0.197 e. The van der Waals surface area contributed by atoms with Crippen LogP contribution >= 0.6 is 23.6 Å². The first-order chi connectivity index (χ1) is 6.27. The number of thiophene rings is 1. The number of anilines is 1. The summed E-state index contributed by atoms with van der Waals surface area (Å²) in [6.45, 7) is 2.71. The van der Waals surface area contributed by atoms with Gasteiger partial charge in [-0.2, -0.15) is 11.3 Å². The van der Waals surface area contributed by atoms with Crippen LogP contribution in [-0.4, -0.2) is 23.8 Å². The van der Waals surface area contributed by atoms with Crippen LogP contribution in [0.3, 0.4) is 0 Å². The lowest BCUT2D eigenvalue weighted by atomic mass is 10.5. The van der Waals surface area contributed by atoms with Crippen LogP contribution in [-0.2, 0) is 4.84 Å². The summed E-state index contributed by atoms with van der Waals surface area (Å²) in [7, 11) is 1.60. The summed E-state index contributed by atoms with van der Waals surface area (Å²) in [5.74, 6) is 0. The van der Waals surface area contributed by atoms with Crippen LogP contribution < -0.4 is 5.32 Å². The molecule has 0 aliphatic rings. The molecular weight excluding hydrogens is 204 g/mol. The van der Waals surface area contributed by atoms with Gasteiger partial charge in [-0.15, -0.1) is 0 Å². The highest BCUT2D eigenvalue weighted by atomic mass is 32.1. The van der Waals surface area contributed by atoms with Crippen molar-refractivity contribution in [2.45, 2.75) is 6.92 Å². The van der Waals surface area contributed by atoms with Gasteiger partial charge in [0.15, 0.2) is 5.11 Å². The zero-order chi connectivity index (χ0) is 9.68. The molecule has 0 unspecified atom stereocenters. The first-order valence-corrected chi connectivity index (χ1v) is 5.28. The average molecular weight is 216 g/mol. The van der Waals surface area contributed by atoms with Crippen molar-refractivity contribution in [1.82, 2.24) is 5.06 Å². The normalized spacial score (nSPS) is 9.69. The Morgan fingerprint density at radius 3 is 3.00 bits per heavy atom. The second-order valence-corrected chi connectivity index (χ2v) is 3.49. The van der Waals surface area contributed by atoms with Crippen LogP contribution in [0.5, 0.6) is 0 Å². The fourth-order valence-electron chi connectivity index (χ4n) is 0.877. The van der Waals surface area contributed by atoms with Crippen LogP contribution in [0, 0.1) is 0 Å². The fraction of sp³-hybridized carbons (Fsp3) is 0.375. The van der Waals surface area contributed by atoms with Gasteiger partial charge in [-0.25, -0.2) is 5.06 Å². The van der Waals surface area contributed by atoms with E-state index in [1.807, 2.05) is 23.8 Å². The highest BCUT2D eigenvalue weighted by molar-refractivity contribution is 7.80. The highest BCUT2D eigenvalue weighted by Gasteiger charge is 2.05. The molecule has 1 aromatic heterocycles. The number of rotatable bonds is 3. The van der Waals surface area contributed by atoms with Gasteiger partial charge in [0.1, 0.15) is 0 Å². The Morgan fingerprint density at radius 2 is 2.54 bits per heavy atom. The third-order valence-corrected chi connectivity index (χ3v) is 2.50. The zero-order valence-corrected chi connectivity index (χ0v) is 9.24. The van der Waals surface area contributed by atoms with Gasteiger partial charge in [0.05, 0.1) is 12.8 Å². The maximum atomic E-state index is 5.12. The molecule has 0 aromatic carbocycles. The summed E-state index contributed by atoms with van der Waals surface area (Å²) < 4.78 is 0. The quantitative estimate of drug-likeness (QED) is 0.619. The minimum absolute atomic E-state index is 0.586. The van der Waals surface area contributed by atoms with Crippen LogP contribution in [0.4, 0.5) is 5.69 Å². The van der Waals surface area contributed by atoms with E-state index < -0.39 is 0 Å². The van der Waals surface area contributed by atoms with Crippen molar-refractivity contribution in [1.29, 1.82) is 0 Å². The molecule has 0 atom stereocenters. The van der Waals surface area contributed by atoms with E-state index in [-0.39, 0.29) is 0 Å². The van der Waals surface area contributed by atoms with E-state index in [1.165, 1.54) is 0 Å². The number of thiocarbonyl (C=S) groups is 1. The van der Waals surface area contributed by atoms with E-state index in [4.69, 9.17) is 17.1 Å². The molecule has 1 heterocycles. The van der Waals surface area contributed by atoms with Crippen LogP contribution in [0.2, 0.25) is 0 Å². The van der Waals surface area contributed by atoms with E-state index in [0.29, 0.717) is 5.11 Å². The molecule has 0 aliphatic carbocycles. The fourth-order valence-corrected chi connectivity index (χ4v) is 1.79. The van der Waals surface area contributed by atoms with E-state index in [2.05, 4.69) is 5.32 Å². The molecule has 0 amide bonds. The third kappa shape index (κ3) is 2.95. The maximum absolute atomic E-state index is 5.12. The van der Waals surface area contributed by atoms with Crippen molar-refractivity contribution in [2.75, 3.05) is 19.0 Å². The van der Waals surface area contributed by atoms with Crippen molar-refractivity contribution in [2.24, 2.45) is 0 Å². The Hall–Kier alpha value is -0.650. The van der Waals surface area contributed by atoms with Gasteiger partial charge in [-0.05, 0) is 30.6 Å². The van der Waals surface area contributed by atoms with E-state index in [9.17, 15) is 0 Å². The summed E-state index contributed by atoms with van der Waals surface area (Å²) >= 11 is 6.74. The first-order valence-electron chi connectivity index (χ1n) is 3.92. The number of hydrogen-bond donors (Lipinski definition) is 1. The number of nitrogens with zero attached hydrogens (tertiary/aromatic N) is 1. The summed E-state index contributed by atoms with van der Waals surface area (Å²) in [6.07, 6.45) is 0. The van der Waals surface area contributed by atoms with Crippen LogP contribution in [0.15, 0.2) is 16.8 Å². The number of hydroxylamine groups is 2. The monoisotopic (exact) mass is 216 g/mol. The van der Waals surface area contributed by atoms with E-state index in [0.717, 1.165) is 12.2 Å². The number of hydrogen-bond acceptors (Lipinski definition) is 3. The van der Waals surface area contributed by atoms with Gasteiger partial charge >= 0.3 is 0 Å². The Labute approximate surface area is 87.3 Å². The standard InChI is InChI=1S/C8H12N2OS2/c1-3-10(11-2)8(12)9-7-4-5-13-6-7/h4-6H,3H2,1-2H3,(H,9,12). The van der Waals surface area contributed by atoms with Crippen molar-refractivity contribution >= 4 is 34.4 Å². The third-order valence-electron chi connectivity index (χ3n) is 1.51. The van der Waals surface area contributed by atoms with E-state index in [1.54, 1.807) is 23.5 Å². The van der Waals surface area contributed by atoms with Gasteiger partial charge in [0.2, 0.25) is 0 Å². The zero-order valence-electron chi connectivity index (χ0n) is 7.61. The summed E-state index contributed by atoms with van der Waals surface area (Å²) in [5.41, 5.74) is 1.01. The predicted octanol–water partition coefficient (Wildman–Crippen LogP) is 2.33. The molecule has 13 heavy (non-hydrogen) atoms. The molecule has 3 nitrogen and oxygen atoms in total. The Morgan fingerprint density at radius 1 is 1.77 bits per heavy atom. The molecular formula is C8H12N2OS2. The van der Waals surface area contributed by atoms with Crippen molar-refractivity contribution in [3.8, 4) is 0 Å². The molecule has 0 saturated heterocycles. The molecule has 0 saturated carbocycles. The molecule has 5 heteroatoms. The van der Waals surface area contributed by atoms with Crippen molar-refractivity contribution in [3.63, 3.8) is 0 Å². The minimum Gasteiger partial charge on any atom is -0.330 e. The average Bonchev–Trinajstić information content (AvgIpc) is 2.59. The molecule has 1 N–H and O–H groups in total. The SMILES string of the molecule is CCN(OC)C(=S)Nc1ccsc1. The van der Waals surface area contributed by atoms with Gasteiger partial charge in [-0.3, -0.25) is 4.84 Å². The van der Waals surface area contributed by atoms with Crippen LogP contribution in [0.1, 0.15) is 6.92 Å². The van der Waals surface area contributed by atoms with Gasteiger partial charge in [0, 0.05) is 11.9 Å². The molecule has 0 bridgehead atoms. The Kier molecular flexibility index (Phi) is 4.14. The second kappa shape index (κ2) is 5.16. The molecule has 1 aromatic rings. The predicted molar refractivity (Wildman–Crippen MR) is 59.9 cm³/mol. The topological polar surface area (TPSA) is 24.5 Å². The Bertz CT molecular complexity index is 257. The van der Waals surface area contributed by atoms with Crippen molar-refractivity contribution in [3.05, 3.63) is 16.8 Å². The van der Waals surface area contributed by atoms with E-state index >= 15 is 0 Å². The molecule has 0 fully saturated rings. The first kappa shape index (κ1) is 10.4. The molecule has 72 valence electrons. The second-order valence-electron chi connectivity index (χ2n) is 2.32. The summed E-state index contributed by atoms with van der Waals surface area (Å²) in [5, 5.41) is 9.26. The lowest BCUT2D eigenvalue weighted by Crippen LogP contribution is -2.33. The molecule has 0 spiro atoms. The highest BCUT2D eigenvalue weighted by Crippen LogP contribution is 2.12. The summed E-state index contributed by atoms with van der Waals surface area (Å²) in [4.78, 5) is 5.04. The molecule has 0 aliphatic heterocycles. The largest absolute Gasteiger partial charge is 0.330 e. The Balaban J connectivity index is 2.49. The van der Waals surface area contributed by atoms with Gasteiger partial charge in [0.25, 0.3) is 0 Å². The van der Waals surface area contributed by atoms with Crippen LogP contribution in [0.25, 0.3) is 0 Å². The summed E-state index contributed by atoms with van der Waals surface area (Å²) in [6, 6.07) is 1.97. The molecule has 1 rings (SSSR count). The molecule has 0 radical (unpaired) electrons. The maximum Gasteiger partial charge on any atom is 0.197 e.